The number of aryl methyl sites for hydroxylation is 1. The number of aromatic nitrogens is 3. The van der Waals surface area contributed by atoms with Gasteiger partial charge in [-0.05, 0) is 12.1 Å². The van der Waals surface area contributed by atoms with Gasteiger partial charge < -0.3 is 0 Å². The van der Waals surface area contributed by atoms with Gasteiger partial charge in [0.2, 0.25) is 0 Å². The van der Waals surface area contributed by atoms with Crippen molar-refractivity contribution in [2.45, 2.75) is 0 Å². The summed E-state index contributed by atoms with van der Waals surface area (Å²) in [5, 5.41) is 7.81. The van der Waals surface area contributed by atoms with Crippen LogP contribution in [0.4, 0.5) is 5.69 Å². The minimum atomic E-state index is -0.380. The molecule has 7 heteroatoms. The van der Waals surface area contributed by atoms with E-state index >= 15 is 0 Å². The Kier molecular flexibility index (Phi) is 3.69. The van der Waals surface area contributed by atoms with Gasteiger partial charge in [0.05, 0.1) is 18.1 Å². The Balaban J connectivity index is 2.14. The molecule has 2 aromatic heterocycles. The first kappa shape index (κ1) is 12.3. The summed E-state index contributed by atoms with van der Waals surface area (Å²) in [5.41, 5.74) is 3.32. The van der Waals surface area contributed by atoms with Crippen LogP contribution in [0.3, 0.4) is 0 Å². The van der Waals surface area contributed by atoms with E-state index in [1.165, 1.54) is 19.5 Å². The number of pyridine rings is 1. The third kappa shape index (κ3) is 2.72. The zero-order chi connectivity index (χ0) is 13.0. The molecule has 0 aromatic carbocycles. The van der Waals surface area contributed by atoms with Gasteiger partial charge in [0.25, 0.3) is 5.56 Å². The second-order valence-electron chi connectivity index (χ2n) is 3.43. The number of rotatable bonds is 3. The molecule has 0 saturated carbocycles. The Bertz CT molecular complexity index is 623. The lowest BCUT2D eigenvalue weighted by Gasteiger charge is -2.03. The van der Waals surface area contributed by atoms with Gasteiger partial charge in [-0.15, -0.1) is 0 Å². The number of hydrogen-bond donors (Lipinski definition) is 1. The van der Waals surface area contributed by atoms with Gasteiger partial charge in [-0.2, -0.15) is 10.2 Å². The second kappa shape index (κ2) is 5.42. The summed E-state index contributed by atoms with van der Waals surface area (Å²) < 4.78 is 1.15. The maximum absolute atomic E-state index is 11.5. The average molecular weight is 264 g/mol. The van der Waals surface area contributed by atoms with E-state index in [0.717, 1.165) is 4.68 Å². The van der Waals surface area contributed by atoms with E-state index in [2.05, 4.69) is 20.6 Å². The van der Waals surface area contributed by atoms with Crippen LogP contribution in [-0.2, 0) is 7.05 Å². The molecule has 2 aromatic rings. The van der Waals surface area contributed by atoms with Gasteiger partial charge in [0.1, 0.15) is 10.7 Å². The van der Waals surface area contributed by atoms with E-state index in [4.69, 9.17) is 11.6 Å². The predicted octanol–water partition coefficient (Wildman–Crippen LogP) is 1.27. The van der Waals surface area contributed by atoms with E-state index in [0.29, 0.717) is 11.4 Å². The molecule has 0 unspecified atom stereocenters. The molecule has 0 spiro atoms. The molecule has 0 atom stereocenters. The van der Waals surface area contributed by atoms with E-state index in [1.54, 1.807) is 12.3 Å². The number of hydrazone groups is 1. The Labute approximate surface area is 108 Å². The first-order valence-corrected chi connectivity index (χ1v) is 5.48. The molecule has 1 N–H and O–H groups in total. The summed E-state index contributed by atoms with van der Waals surface area (Å²) in [6.07, 6.45) is 4.61. The summed E-state index contributed by atoms with van der Waals surface area (Å²) in [6, 6.07) is 5.46. The van der Waals surface area contributed by atoms with Crippen molar-refractivity contribution < 1.29 is 0 Å². The summed E-state index contributed by atoms with van der Waals surface area (Å²) in [5.74, 6) is 0. The first-order chi connectivity index (χ1) is 8.68. The Hall–Kier alpha value is -2.21. The molecule has 0 aliphatic carbocycles. The van der Waals surface area contributed by atoms with Crippen molar-refractivity contribution in [2.24, 2.45) is 12.1 Å². The SMILES string of the molecule is Cn1ncc(N/N=C\c2ccccn2)c(Cl)c1=O. The highest BCUT2D eigenvalue weighted by atomic mass is 35.5. The van der Waals surface area contributed by atoms with Crippen molar-refractivity contribution in [3.63, 3.8) is 0 Å². The standard InChI is InChI=1S/C11H10ClN5O/c1-17-11(18)10(12)9(7-15-17)16-14-6-8-4-2-3-5-13-8/h2-7,16H,1H3/b14-6-. The van der Waals surface area contributed by atoms with Crippen molar-refractivity contribution in [2.75, 3.05) is 5.43 Å². The van der Waals surface area contributed by atoms with Gasteiger partial charge in [-0.3, -0.25) is 15.2 Å². The smallest absolute Gasteiger partial charge is 0.275 e. The summed E-state index contributed by atoms with van der Waals surface area (Å²) >= 11 is 5.85. The number of anilines is 1. The Morgan fingerprint density at radius 3 is 3.06 bits per heavy atom. The zero-order valence-corrected chi connectivity index (χ0v) is 10.3. The lowest BCUT2D eigenvalue weighted by molar-refractivity contribution is 0.708. The van der Waals surface area contributed by atoms with Crippen molar-refractivity contribution in [3.05, 3.63) is 51.7 Å². The third-order valence-electron chi connectivity index (χ3n) is 2.15. The molecule has 0 aliphatic heterocycles. The van der Waals surface area contributed by atoms with Crippen LogP contribution in [0.2, 0.25) is 5.02 Å². The average Bonchev–Trinajstić information content (AvgIpc) is 2.40. The predicted molar refractivity (Wildman–Crippen MR) is 69.9 cm³/mol. The van der Waals surface area contributed by atoms with Crippen molar-refractivity contribution in [1.29, 1.82) is 0 Å². The van der Waals surface area contributed by atoms with Crippen molar-refractivity contribution in [1.82, 2.24) is 14.8 Å². The van der Waals surface area contributed by atoms with E-state index in [-0.39, 0.29) is 10.6 Å². The summed E-state index contributed by atoms with van der Waals surface area (Å²) in [7, 11) is 1.52. The quantitative estimate of drug-likeness (QED) is 0.669. The fourth-order valence-electron chi connectivity index (χ4n) is 1.21. The van der Waals surface area contributed by atoms with Crippen LogP contribution in [0.1, 0.15) is 5.69 Å². The molecular weight excluding hydrogens is 254 g/mol. The summed E-state index contributed by atoms with van der Waals surface area (Å²) in [6.45, 7) is 0. The fourth-order valence-corrected chi connectivity index (χ4v) is 1.42. The van der Waals surface area contributed by atoms with Gasteiger partial charge in [-0.25, -0.2) is 4.68 Å². The van der Waals surface area contributed by atoms with Crippen LogP contribution >= 0.6 is 11.6 Å². The van der Waals surface area contributed by atoms with Gasteiger partial charge in [0, 0.05) is 13.2 Å². The maximum Gasteiger partial charge on any atom is 0.287 e. The lowest BCUT2D eigenvalue weighted by atomic mass is 10.4. The molecule has 0 saturated heterocycles. The number of nitrogens with one attached hydrogen (secondary N) is 1. The largest absolute Gasteiger partial charge is 0.287 e. The van der Waals surface area contributed by atoms with Crippen LogP contribution in [-0.4, -0.2) is 21.0 Å². The molecule has 2 heterocycles. The highest BCUT2D eigenvalue weighted by molar-refractivity contribution is 6.32. The molecule has 18 heavy (non-hydrogen) atoms. The van der Waals surface area contributed by atoms with Crippen LogP contribution in [0.15, 0.2) is 40.5 Å². The van der Waals surface area contributed by atoms with E-state index in [1.807, 2.05) is 12.1 Å². The van der Waals surface area contributed by atoms with Crippen LogP contribution in [0.5, 0.6) is 0 Å². The molecule has 0 aliphatic rings. The minimum Gasteiger partial charge on any atom is -0.275 e. The molecular formula is C11H10ClN5O. The number of halogens is 1. The number of hydrogen-bond acceptors (Lipinski definition) is 5. The van der Waals surface area contributed by atoms with Crippen LogP contribution in [0, 0.1) is 0 Å². The lowest BCUT2D eigenvalue weighted by Crippen LogP contribution is -2.20. The summed E-state index contributed by atoms with van der Waals surface area (Å²) in [4.78, 5) is 15.5. The second-order valence-corrected chi connectivity index (χ2v) is 3.80. The van der Waals surface area contributed by atoms with E-state index < -0.39 is 0 Å². The maximum atomic E-state index is 11.5. The van der Waals surface area contributed by atoms with Crippen molar-refractivity contribution in [3.8, 4) is 0 Å². The van der Waals surface area contributed by atoms with Gasteiger partial charge >= 0.3 is 0 Å². The van der Waals surface area contributed by atoms with Crippen molar-refractivity contribution >= 4 is 23.5 Å². The molecule has 0 radical (unpaired) electrons. The topological polar surface area (TPSA) is 72.2 Å². The first-order valence-electron chi connectivity index (χ1n) is 5.10. The molecule has 6 nitrogen and oxygen atoms in total. The Morgan fingerprint density at radius 1 is 1.50 bits per heavy atom. The molecule has 92 valence electrons. The van der Waals surface area contributed by atoms with Gasteiger partial charge in [0.15, 0.2) is 0 Å². The molecule has 2 rings (SSSR count). The minimum absolute atomic E-state index is 0.0469. The van der Waals surface area contributed by atoms with Crippen LogP contribution < -0.4 is 11.0 Å². The highest BCUT2D eigenvalue weighted by Crippen LogP contribution is 2.14. The zero-order valence-electron chi connectivity index (χ0n) is 9.54. The monoisotopic (exact) mass is 263 g/mol. The molecule has 0 fully saturated rings. The third-order valence-corrected chi connectivity index (χ3v) is 2.51. The van der Waals surface area contributed by atoms with Crippen LogP contribution in [0.25, 0.3) is 0 Å². The molecule has 0 bridgehead atoms. The normalized spacial score (nSPS) is 10.8. The Morgan fingerprint density at radius 2 is 2.33 bits per heavy atom. The number of nitrogens with zero attached hydrogens (tertiary/aromatic N) is 4. The fraction of sp³-hybridized carbons (Fsp3) is 0.0909. The highest BCUT2D eigenvalue weighted by Gasteiger charge is 2.05. The van der Waals surface area contributed by atoms with Gasteiger partial charge in [-0.1, -0.05) is 17.7 Å². The van der Waals surface area contributed by atoms with E-state index in [9.17, 15) is 4.79 Å². The molecule has 0 amide bonds.